The predicted octanol–water partition coefficient (Wildman–Crippen LogP) is 2.42. The Labute approximate surface area is 128 Å². The van der Waals surface area contributed by atoms with Crippen LogP contribution in [0.3, 0.4) is 0 Å². The first-order chi connectivity index (χ1) is 10.6. The first kappa shape index (κ1) is 14.8. The Morgan fingerprint density at radius 1 is 1.32 bits per heavy atom. The van der Waals surface area contributed by atoms with E-state index in [0.717, 1.165) is 18.5 Å². The fourth-order valence-electron chi connectivity index (χ4n) is 2.56. The lowest BCUT2D eigenvalue weighted by Gasteiger charge is -2.25. The quantitative estimate of drug-likeness (QED) is 0.861. The molecule has 0 radical (unpaired) electrons. The molecule has 1 unspecified atom stereocenters. The molecule has 0 bridgehead atoms. The van der Waals surface area contributed by atoms with Gasteiger partial charge in [-0.2, -0.15) is 0 Å². The Bertz CT molecular complexity index is 621. The molecule has 1 heterocycles. The lowest BCUT2D eigenvalue weighted by Crippen LogP contribution is -2.37. The molecule has 1 aliphatic carbocycles. The standard InChI is InChI=1S/C17H19FN2O2/c18-13-5-3-12(4-6-13)16(21)11-20(15-7-8-15)17(22)10-14-2-1-9-19-14/h1-6,9,15-16,19,21H,7-8,10-11H2. The summed E-state index contributed by atoms with van der Waals surface area (Å²) >= 11 is 0. The third kappa shape index (κ3) is 3.54. The highest BCUT2D eigenvalue weighted by Crippen LogP contribution is 2.29. The van der Waals surface area contributed by atoms with Crippen molar-refractivity contribution in [3.63, 3.8) is 0 Å². The van der Waals surface area contributed by atoms with Crippen molar-refractivity contribution in [1.29, 1.82) is 0 Å². The van der Waals surface area contributed by atoms with Gasteiger partial charge in [-0.15, -0.1) is 0 Å². The number of carbonyl (C=O) groups excluding carboxylic acids is 1. The molecule has 1 amide bonds. The molecule has 1 fully saturated rings. The molecule has 22 heavy (non-hydrogen) atoms. The van der Waals surface area contributed by atoms with Crippen LogP contribution in [0.25, 0.3) is 0 Å². The van der Waals surface area contributed by atoms with Gasteiger partial charge < -0.3 is 15.0 Å². The number of benzene rings is 1. The topological polar surface area (TPSA) is 56.3 Å². The van der Waals surface area contributed by atoms with Gasteiger partial charge in [0.25, 0.3) is 0 Å². The second kappa shape index (κ2) is 6.32. The zero-order valence-electron chi connectivity index (χ0n) is 12.2. The summed E-state index contributed by atoms with van der Waals surface area (Å²) < 4.78 is 12.9. The monoisotopic (exact) mass is 302 g/mol. The van der Waals surface area contributed by atoms with E-state index in [9.17, 15) is 14.3 Å². The second-order valence-corrected chi connectivity index (χ2v) is 5.72. The van der Waals surface area contributed by atoms with E-state index in [4.69, 9.17) is 0 Å². The van der Waals surface area contributed by atoms with Gasteiger partial charge in [-0.1, -0.05) is 12.1 Å². The zero-order chi connectivity index (χ0) is 15.5. The van der Waals surface area contributed by atoms with E-state index in [0.29, 0.717) is 12.0 Å². The third-order valence-corrected chi connectivity index (χ3v) is 3.94. The summed E-state index contributed by atoms with van der Waals surface area (Å²) in [6.45, 7) is 0.246. The Morgan fingerprint density at radius 3 is 2.64 bits per heavy atom. The summed E-state index contributed by atoms with van der Waals surface area (Å²) in [4.78, 5) is 17.2. The summed E-state index contributed by atoms with van der Waals surface area (Å²) in [5.41, 5.74) is 1.49. The molecule has 0 aliphatic heterocycles. The van der Waals surface area contributed by atoms with E-state index in [1.54, 1.807) is 23.2 Å². The molecule has 1 atom stereocenters. The summed E-state index contributed by atoms with van der Waals surface area (Å²) in [7, 11) is 0. The fourth-order valence-corrected chi connectivity index (χ4v) is 2.56. The highest BCUT2D eigenvalue weighted by Gasteiger charge is 2.33. The number of amides is 1. The number of aliphatic hydroxyl groups excluding tert-OH is 1. The van der Waals surface area contributed by atoms with Crippen LogP contribution < -0.4 is 0 Å². The third-order valence-electron chi connectivity index (χ3n) is 3.94. The van der Waals surface area contributed by atoms with E-state index < -0.39 is 6.10 Å². The van der Waals surface area contributed by atoms with Crippen molar-refractivity contribution in [3.05, 3.63) is 59.7 Å². The molecule has 5 heteroatoms. The molecule has 1 aromatic heterocycles. The van der Waals surface area contributed by atoms with Crippen LogP contribution in [0.5, 0.6) is 0 Å². The predicted molar refractivity (Wildman–Crippen MR) is 80.6 cm³/mol. The van der Waals surface area contributed by atoms with E-state index in [1.165, 1.54) is 12.1 Å². The SMILES string of the molecule is O=C(Cc1ccc[nH]1)N(CC(O)c1ccc(F)cc1)C1CC1. The molecule has 3 rings (SSSR count). The van der Waals surface area contributed by atoms with Gasteiger partial charge in [0.15, 0.2) is 0 Å². The number of halogens is 1. The van der Waals surface area contributed by atoms with Gasteiger partial charge in [0.1, 0.15) is 5.82 Å². The van der Waals surface area contributed by atoms with Crippen LogP contribution in [-0.4, -0.2) is 33.5 Å². The number of aromatic amines is 1. The van der Waals surface area contributed by atoms with Gasteiger partial charge in [-0.3, -0.25) is 4.79 Å². The van der Waals surface area contributed by atoms with Gasteiger partial charge in [0, 0.05) is 17.9 Å². The Hall–Kier alpha value is -2.14. The highest BCUT2D eigenvalue weighted by atomic mass is 19.1. The van der Waals surface area contributed by atoms with Crippen LogP contribution in [0, 0.1) is 5.82 Å². The van der Waals surface area contributed by atoms with Crippen molar-refractivity contribution in [2.24, 2.45) is 0 Å². The van der Waals surface area contributed by atoms with E-state index in [-0.39, 0.29) is 24.3 Å². The number of H-pyrrole nitrogens is 1. The Balaban J connectivity index is 1.66. The number of aliphatic hydroxyl groups is 1. The Morgan fingerprint density at radius 2 is 2.05 bits per heavy atom. The highest BCUT2D eigenvalue weighted by molar-refractivity contribution is 5.79. The minimum Gasteiger partial charge on any atom is -0.387 e. The van der Waals surface area contributed by atoms with Crippen LogP contribution in [0.1, 0.15) is 30.2 Å². The minimum absolute atomic E-state index is 0.00566. The first-order valence-corrected chi connectivity index (χ1v) is 7.49. The molecule has 4 nitrogen and oxygen atoms in total. The number of carbonyl (C=O) groups is 1. The lowest BCUT2D eigenvalue weighted by molar-refractivity contribution is -0.132. The summed E-state index contributed by atoms with van der Waals surface area (Å²) in [5, 5.41) is 10.3. The zero-order valence-corrected chi connectivity index (χ0v) is 12.2. The van der Waals surface area contributed by atoms with E-state index in [1.807, 2.05) is 12.1 Å². The largest absolute Gasteiger partial charge is 0.387 e. The van der Waals surface area contributed by atoms with Crippen LogP contribution in [-0.2, 0) is 11.2 Å². The number of nitrogens with zero attached hydrogens (tertiary/aromatic N) is 1. The maximum Gasteiger partial charge on any atom is 0.228 e. The smallest absolute Gasteiger partial charge is 0.228 e. The van der Waals surface area contributed by atoms with Crippen molar-refractivity contribution in [3.8, 4) is 0 Å². The average Bonchev–Trinajstić information content (AvgIpc) is 3.22. The van der Waals surface area contributed by atoms with Crippen LogP contribution in [0.15, 0.2) is 42.6 Å². The molecule has 2 aromatic rings. The van der Waals surface area contributed by atoms with Gasteiger partial charge in [0.05, 0.1) is 19.1 Å². The fraction of sp³-hybridized carbons (Fsp3) is 0.353. The first-order valence-electron chi connectivity index (χ1n) is 7.49. The lowest BCUT2D eigenvalue weighted by atomic mass is 10.1. The van der Waals surface area contributed by atoms with Crippen LogP contribution in [0.4, 0.5) is 4.39 Å². The van der Waals surface area contributed by atoms with Gasteiger partial charge in [-0.25, -0.2) is 4.39 Å². The summed E-state index contributed by atoms with van der Waals surface area (Å²) in [5.74, 6) is -0.330. The van der Waals surface area contributed by atoms with Crippen molar-refractivity contribution in [2.45, 2.75) is 31.4 Å². The molecule has 0 saturated heterocycles. The van der Waals surface area contributed by atoms with Crippen molar-refractivity contribution in [1.82, 2.24) is 9.88 Å². The van der Waals surface area contributed by atoms with E-state index >= 15 is 0 Å². The number of nitrogens with one attached hydrogen (secondary N) is 1. The second-order valence-electron chi connectivity index (χ2n) is 5.72. The number of aromatic nitrogens is 1. The molecule has 2 N–H and O–H groups in total. The summed E-state index contributed by atoms with van der Waals surface area (Å²) in [6.07, 6.45) is 3.25. The number of hydrogen-bond donors (Lipinski definition) is 2. The van der Waals surface area contributed by atoms with Gasteiger partial charge >= 0.3 is 0 Å². The normalized spacial score (nSPS) is 15.5. The number of rotatable bonds is 6. The van der Waals surface area contributed by atoms with Crippen LogP contribution in [0.2, 0.25) is 0 Å². The Kier molecular flexibility index (Phi) is 4.24. The van der Waals surface area contributed by atoms with Crippen LogP contribution >= 0.6 is 0 Å². The molecule has 116 valence electrons. The van der Waals surface area contributed by atoms with E-state index in [2.05, 4.69) is 4.98 Å². The summed E-state index contributed by atoms with van der Waals surface area (Å²) in [6, 6.07) is 9.71. The molecular weight excluding hydrogens is 283 g/mol. The maximum absolute atomic E-state index is 12.9. The molecule has 1 aromatic carbocycles. The number of hydrogen-bond acceptors (Lipinski definition) is 2. The van der Waals surface area contributed by atoms with Crippen molar-refractivity contribution >= 4 is 5.91 Å². The van der Waals surface area contributed by atoms with Gasteiger partial charge in [-0.05, 0) is 42.7 Å². The minimum atomic E-state index is -0.797. The molecular formula is C17H19FN2O2. The average molecular weight is 302 g/mol. The van der Waals surface area contributed by atoms with Crippen molar-refractivity contribution in [2.75, 3.05) is 6.54 Å². The molecule has 1 saturated carbocycles. The molecule has 1 aliphatic rings. The van der Waals surface area contributed by atoms with Gasteiger partial charge in [0.2, 0.25) is 5.91 Å². The van der Waals surface area contributed by atoms with Crippen molar-refractivity contribution < 1.29 is 14.3 Å². The maximum atomic E-state index is 12.9. The molecule has 0 spiro atoms.